The number of fused-ring (bicyclic) bond motifs is 1. The third-order valence-corrected chi connectivity index (χ3v) is 4.91. The minimum Gasteiger partial charge on any atom is -0.484 e. The van der Waals surface area contributed by atoms with Crippen LogP contribution in [0.4, 0.5) is 0 Å². The number of carbonyl (C=O) groups is 1. The molecule has 0 spiro atoms. The van der Waals surface area contributed by atoms with Gasteiger partial charge in [0.15, 0.2) is 6.61 Å². The number of hydrogen-bond donors (Lipinski definition) is 1. The molecular weight excluding hydrogens is 356 g/mol. The molecule has 134 valence electrons. The Kier molecular flexibility index (Phi) is 5.12. The molecule has 0 atom stereocenters. The van der Waals surface area contributed by atoms with Crippen LogP contribution in [0.3, 0.4) is 0 Å². The van der Waals surface area contributed by atoms with Gasteiger partial charge in [-0.2, -0.15) is 11.3 Å². The molecule has 0 saturated heterocycles. The fraction of sp³-hybridized carbons (Fsp3) is 0.0909. The molecule has 2 heterocycles. The summed E-state index contributed by atoms with van der Waals surface area (Å²) in [5, 5.41) is 9.21. The number of pyridine rings is 1. The Morgan fingerprint density at radius 1 is 1.04 bits per heavy atom. The second-order valence-electron chi connectivity index (χ2n) is 6.14. The minimum absolute atomic E-state index is 0.0131. The Bertz CT molecular complexity index is 1060. The number of thiophene rings is 1. The molecule has 27 heavy (non-hydrogen) atoms. The highest BCUT2D eigenvalue weighted by Crippen LogP contribution is 2.21. The Morgan fingerprint density at radius 2 is 1.93 bits per heavy atom. The highest BCUT2D eigenvalue weighted by molar-refractivity contribution is 7.08. The highest BCUT2D eigenvalue weighted by Gasteiger charge is 2.06. The van der Waals surface area contributed by atoms with Crippen LogP contribution in [0, 0.1) is 0 Å². The molecule has 0 aliphatic rings. The average Bonchev–Trinajstić information content (AvgIpc) is 3.26. The van der Waals surface area contributed by atoms with Gasteiger partial charge in [0.05, 0.1) is 5.69 Å². The average molecular weight is 374 g/mol. The first kappa shape index (κ1) is 17.2. The molecular formula is C22H18N2O2S. The number of benzene rings is 2. The van der Waals surface area contributed by atoms with Gasteiger partial charge in [0.2, 0.25) is 0 Å². The minimum atomic E-state index is -0.156. The molecule has 0 aliphatic carbocycles. The van der Waals surface area contributed by atoms with Crippen molar-refractivity contribution in [3.63, 3.8) is 0 Å². The third kappa shape index (κ3) is 4.33. The van der Waals surface area contributed by atoms with E-state index in [-0.39, 0.29) is 12.5 Å². The maximum absolute atomic E-state index is 12.1. The molecule has 4 aromatic rings. The van der Waals surface area contributed by atoms with E-state index in [1.54, 1.807) is 17.5 Å². The Morgan fingerprint density at radius 3 is 2.78 bits per heavy atom. The molecule has 1 N–H and O–H groups in total. The number of nitrogens with zero attached hydrogens (tertiary/aromatic N) is 1. The van der Waals surface area contributed by atoms with Gasteiger partial charge in [-0.3, -0.25) is 9.78 Å². The van der Waals surface area contributed by atoms with Crippen molar-refractivity contribution in [3.05, 3.63) is 83.2 Å². The Balaban J connectivity index is 1.32. The predicted molar refractivity (Wildman–Crippen MR) is 109 cm³/mol. The summed E-state index contributed by atoms with van der Waals surface area (Å²) in [4.78, 5) is 16.5. The summed E-state index contributed by atoms with van der Waals surface area (Å²) in [5.74, 6) is 0.532. The molecule has 2 aromatic carbocycles. The standard InChI is InChI=1S/C22H18N2O2S/c25-22(14-26-20-6-5-17-3-1-2-4-18(17)12-20)24-13-16-7-9-23-21(11-16)19-8-10-27-15-19/h1-12,15H,13-14H2,(H,24,25). The van der Waals surface area contributed by atoms with Crippen LogP contribution in [0.2, 0.25) is 0 Å². The maximum Gasteiger partial charge on any atom is 0.258 e. The van der Waals surface area contributed by atoms with Crippen molar-refractivity contribution >= 4 is 28.0 Å². The summed E-state index contributed by atoms with van der Waals surface area (Å²) in [6.07, 6.45) is 1.76. The van der Waals surface area contributed by atoms with Gasteiger partial charge in [0, 0.05) is 23.7 Å². The number of nitrogens with one attached hydrogen (secondary N) is 1. The number of carbonyl (C=O) groups excluding carboxylic acids is 1. The van der Waals surface area contributed by atoms with Gasteiger partial charge in [0.25, 0.3) is 5.91 Å². The van der Waals surface area contributed by atoms with Crippen molar-refractivity contribution in [2.45, 2.75) is 6.54 Å². The lowest BCUT2D eigenvalue weighted by molar-refractivity contribution is -0.123. The second kappa shape index (κ2) is 8.01. The number of hydrogen-bond acceptors (Lipinski definition) is 4. The zero-order valence-corrected chi connectivity index (χ0v) is 15.4. The summed E-state index contributed by atoms with van der Waals surface area (Å²) in [6.45, 7) is 0.431. The second-order valence-corrected chi connectivity index (χ2v) is 6.92. The smallest absolute Gasteiger partial charge is 0.258 e. The van der Waals surface area contributed by atoms with Gasteiger partial charge in [-0.25, -0.2) is 0 Å². The molecule has 4 nitrogen and oxygen atoms in total. The van der Waals surface area contributed by atoms with Crippen molar-refractivity contribution < 1.29 is 9.53 Å². The molecule has 5 heteroatoms. The predicted octanol–water partition coefficient (Wildman–Crippen LogP) is 4.66. The van der Waals surface area contributed by atoms with Gasteiger partial charge in [-0.05, 0) is 52.0 Å². The molecule has 4 rings (SSSR count). The fourth-order valence-electron chi connectivity index (χ4n) is 2.81. The van der Waals surface area contributed by atoms with Crippen molar-refractivity contribution in [2.75, 3.05) is 6.61 Å². The maximum atomic E-state index is 12.1. The van der Waals surface area contributed by atoms with Gasteiger partial charge < -0.3 is 10.1 Å². The van der Waals surface area contributed by atoms with Crippen LogP contribution in [0.15, 0.2) is 77.6 Å². The molecule has 0 fully saturated rings. The van der Waals surface area contributed by atoms with E-state index in [2.05, 4.69) is 15.7 Å². The summed E-state index contributed by atoms with van der Waals surface area (Å²) < 4.78 is 5.62. The first-order valence-corrected chi connectivity index (χ1v) is 9.58. The largest absolute Gasteiger partial charge is 0.484 e. The van der Waals surface area contributed by atoms with Gasteiger partial charge in [-0.1, -0.05) is 30.3 Å². The van der Waals surface area contributed by atoms with Gasteiger partial charge in [-0.15, -0.1) is 0 Å². The number of rotatable bonds is 6. The number of amides is 1. The molecule has 2 aromatic heterocycles. The van der Waals surface area contributed by atoms with E-state index in [9.17, 15) is 4.79 Å². The SMILES string of the molecule is O=C(COc1ccc2ccccc2c1)NCc1ccnc(-c2ccsc2)c1. The summed E-state index contributed by atoms with van der Waals surface area (Å²) in [5.41, 5.74) is 3.01. The number of ether oxygens (including phenoxy) is 1. The van der Waals surface area contributed by atoms with Crippen LogP contribution in [-0.2, 0) is 11.3 Å². The molecule has 1 amide bonds. The lowest BCUT2D eigenvalue weighted by Gasteiger charge is -2.09. The van der Waals surface area contributed by atoms with E-state index >= 15 is 0 Å². The van der Waals surface area contributed by atoms with E-state index in [1.807, 2.05) is 66.0 Å². The topological polar surface area (TPSA) is 51.2 Å². The quantitative estimate of drug-likeness (QED) is 0.534. The van der Waals surface area contributed by atoms with Crippen molar-refractivity contribution in [1.29, 1.82) is 0 Å². The van der Waals surface area contributed by atoms with E-state index in [4.69, 9.17) is 4.74 Å². The summed E-state index contributed by atoms with van der Waals surface area (Å²) >= 11 is 1.64. The highest BCUT2D eigenvalue weighted by atomic mass is 32.1. The van der Waals surface area contributed by atoms with Crippen LogP contribution in [0.25, 0.3) is 22.0 Å². The number of aromatic nitrogens is 1. The van der Waals surface area contributed by atoms with Crippen LogP contribution < -0.4 is 10.1 Å². The molecule has 0 bridgehead atoms. The normalized spacial score (nSPS) is 10.7. The zero-order valence-electron chi connectivity index (χ0n) is 14.6. The van der Waals surface area contributed by atoms with Gasteiger partial charge >= 0.3 is 0 Å². The Labute approximate surface area is 161 Å². The molecule has 0 aliphatic heterocycles. The van der Waals surface area contributed by atoms with Crippen LogP contribution >= 0.6 is 11.3 Å². The van der Waals surface area contributed by atoms with Gasteiger partial charge in [0.1, 0.15) is 5.75 Å². The first-order valence-electron chi connectivity index (χ1n) is 8.64. The molecule has 0 unspecified atom stereocenters. The fourth-order valence-corrected chi connectivity index (χ4v) is 3.46. The lowest BCUT2D eigenvalue weighted by atomic mass is 10.1. The van der Waals surface area contributed by atoms with Crippen LogP contribution in [-0.4, -0.2) is 17.5 Å². The van der Waals surface area contributed by atoms with Crippen molar-refractivity contribution in [3.8, 4) is 17.0 Å². The summed E-state index contributed by atoms with van der Waals surface area (Å²) in [7, 11) is 0. The lowest BCUT2D eigenvalue weighted by Crippen LogP contribution is -2.28. The first-order chi connectivity index (χ1) is 13.3. The molecule has 0 saturated carbocycles. The zero-order chi connectivity index (χ0) is 18.5. The van der Waals surface area contributed by atoms with Crippen LogP contribution in [0.5, 0.6) is 5.75 Å². The van der Waals surface area contributed by atoms with E-state index in [0.717, 1.165) is 27.6 Å². The monoisotopic (exact) mass is 374 g/mol. The van der Waals surface area contributed by atoms with Crippen molar-refractivity contribution in [2.24, 2.45) is 0 Å². The summed E-state index contributed by atoms with van der Waals surface area (Å²) in [6, 6.07) is 19.8. The van der Waals surface area contributed by atoms with E-state index in [0.29, 0.717) is 12.3 Å². The molecule has 0 radical (unpaired) electrons. The Hall–Kier alpha value is -3.18. The van der Waals surface area contributed by atoms with E-state index in [1.165, 1.54) is 0 Å². The van der Waals surface area contributed by atoms with Crippen LogP contribution in [0.1, 0.15) is 5.56 Å². The van der Waals surface area contributed by atoms with Crippen molar-refractivity contribution in [1.82, 2.24) is 10.3 Å². The third-order valence-electron chi connectivity index (χ3n) is 4.22. The van der Waals surface area contributed by atoms with E-state index < -0.39 is 0 Å².